The van der Waals surface area contributed by atoms with Gasteiger partial charge in [0, 0.05) is 4.88 Å². The van der Waals surface area contributed by atoms with Crippen molar-refractivity contribution in [3.8, 4) is 0 Å². The Kier molecular flexibility index (Phi) is 4.89. The number of hydrogen-bond acceptors (Lipinski definition) is 6. The van der Waals surface area contributed by atoms with Crippen molar-refractivity contribution in [2.45, 2.75) is 39.5 Å². The van der Waals surface area contributed by atoms with E-state index in [2.05, 4.69) is 5.32 Å². The van der Waals surface area contributed by atoms with Crippen molar-refractivity contribution < 1.29 is 23.9 Å². The first-order chi connectivity index (χ1) is 11.5. The highest BCUT2D eigenvalue weighted by atomic mass is 32.1. The van der Waals surface area contributed by atoms with Gasteiger partial charge in [0.1, 0.15) is 5.00 Å². The van der Waals surface area contributed by atoms with Crippen LogP contribution in [0.4, 0.5) is 5.00 Å². The van der Waals surface area contributed by atoms with Crippen LogP contribution < -0.4 is 5.32 Å². The Morgan fingerprint density at radius 3 is 2.67 bits per heavy atom. The van der Waals surface area contributed by atoms with Crippen LogP contribution in [0.2, 0.25) is 0 Å². The van der Waals surface area contributed by atoms with Crippen molar-refractivity contribution in [3.05, 3.63) is 16.0 Å². The molecule has 1 fully saturated rings. The molecule has 7 heteroatoms. The molecule has 1 N–H and O–H groups in total. The van der Waals surface area contributed by atoms with Crippen LogP contribution in [0.5, 0.6) is 0 Å². The molecule has 2 aliphatic rings. The number of ether oxygens (including phenoxy) is 2. The Morgan fingerprint density at radius 1 is 1.25 bits per heavy atom. The minimum absolute atomic E-state index is 0.0709. The van der Waals surface area contributed by atoms with Gasteiger partial charge in [-0.2, -0.15) is 0 Å². The van der Waals surface area contributed by atoms with Gasteiger partial charge in [0.2, 0.25) is 0 Å². The molecule has 0 saturated heterocycles. The molecule has 1 aromatic rings. The minimum atomic E-state index is -0.429. The lowest BCUT2D eigenvalue weighted by molar-refractivity contribution is -0.148. The smallest absolute Gasteiger partial charge is 0.341 e. The highest BCUT2D eigenvalue weighted by Gasteiger charge is 2.40. The van der Waals surface area contributed by atoms with Crippen LogP contribution >= 0.6 is 11.3 Å². The first-order valence-corrected chi connectivity index (χ1v) is 9.11. The van der Waals surface area contributed by atoms with E-state index in [-0.39, 0.29) is 25.1 Å². The lowest BCUT2D eigenvalue weighted by atomic mass is 10.1. The molecule has 2 atom stereocenters. The van der Waals surface area contributed by atoms with Crippen LogP contribution in [0.25, 0.3) is 0 Å². The molecule has 24 heavy (non-hydrogen) atoms. The molecule has 0 bridgehead atoms. The van der Waals surface area contributed by atoms with Crippen molar-refractivity contribution in [2.24, 2.45) is 11.8 Å². The van der Waals surface area contributed by atoms with Gasteiger partial charge in [0.15, 0.2) is 6.61 Å². The van der Waals surface area contributed by atoms with E-state index >= 15 is 0 Å². The molecule has 0 unspecified atom stereocenters. The van der Waals surface area contributed by atoms with Crippen LogP contribution in [0.15, 0.2) is 0 Å². The Bertz CT molecular complexity index is 681. The predicted octanol–water partition coefficient (Wildman–Crippen LogP) is 2.55. The van der Waals surface area contributed by atoms with E-state index in [9.17, 15) is 14.4 Å². The predicted molar refractivity (Wildman–Crippen MR) is 89.2 cm³/mol. The fraction of sp³-hybridized carbons (Fsp3) is 0.588. The zero-order chi connectivity index (χ0) is 17.3. The van der Waals surface area contributed by atoms with Gasteiger partial charge in [-0.3, -0.25) is 9.59 Å². The number of carbonyl (C=O) groups is 3. The summed E-state index contributed by atoms with van der Waals surface area (Å²) in [6.45, 7) is 3.69. The number of amides is 1. The van der Waals surface area contributed by atoms with Gasteiger partial charge >= 0.3 is 11.9 Å². The van der Waals surface area contributed by atoms with Gasteiger partial charge in [-0.1, -0.05) is 6.92 Å². The third kappa shape index (κ3) is 3.45. The van der Waals surface area contributed by atoms with Crippen LogP contribution in [-0.4, -0.2) is 31.1 Å². The van der Waals surface area contributed by atoms with Crippen LogP contribution in [0.1, 0.15) is 47.5 Å². The molecule has 1 saturated carbocycles. The molecule has 0 radical (unpaired) electrons. The average Bonchev–Trinajstić information content (AvgIpc) is 2.94. The van der Waals surface area contributed by atoms with E-state index in [1.165, 1.54) is 11.3 Å². The Morgan fingerprint density at radius 2 is 2.00 bits per heavy atom. The van der Waals surface area contributed by atoms with E-state index < -0.39 is 11.9 Å². The number of fused-ring (bicyclic) bond motifs is 1. The fourth-order valence-corrected chi connectivity index (χ4v) is 4.26. The van der Waals surface area contributed by atoms with Gasteiger partial charge in [-0.15, -0.1) is 11.3 Å². The minimum Gasteiger partial charge on any atom is -0.462 e. The van der Waals surface area contributed by atoms with E-state index in [1.54, 1.807) is 6.92 Å². The first kappa shape index (κ1) is 17.0. The van der Waals surface area contributed by atoms with Gasteiger partial charge in [0.05, 0.1) is 18.1 Å². The molecule has 0 spiro atoms. The lowest BCUT2D eigenvalue weighted by Crippen LogP contribution is -2.22. The highest BCUT2D eigenvalue weighted by Crippen LogP contribution is 2.40. The van der Waals surface area contributed by atoms with Crippen LogP contribution in [0, 0.1) is 11.8 Å². The van der Waals surface area contributed by atoms with Gasteiger partial charge in [-0.25, -0.2) is 4.79 Å². The maximum Gasteiger partial charge on any atom is 0.341 e. The summed E-state index contributed by atoms with van der Waals surface area (Å²) in [6, 6.07) is 0. The molecule has 2 aliphatic carbocycles. The van der Waals surface area contributed by atoms with Gasteiger partial charge in [-0.05, 0) is 44.1 Å². The van der Waals surface area contributed by atoms with E-state index in [0.717, 1.165) is 36.1 Å². The summed E-state index contributed by atoms with van der Waals surface area (Å²) in [4.78, 5) is 37.1. The van der Waals surface area contributed by atoms with Gasteiger partial charge in [0.25, 0.3) is 5.91 Å². The highest BCUT2D eigenvalue weighted by molar-refractivity contribution is 7.17. The van der Waals surface area contributed by atoms with E-state index in [0.29, 0.717) is 16.5 Å². The quantitative estimate of drug-likeness (QED) is 0.797. The SMILES string of the molecule is CCOC(=O)c1c(NC(=O)COC(=O)[C@H]2C[C@H]2C)sc2c1CCC2. The van der Waals surface area contributed by atoms with Gasteiger partial charge < -0.3 is 14.8 Å². The molecule has 3 rings (SSSR count). The maximum atomic E-state index is 12.2. The average molecular weight is 351 g/mol. The Balaban J connectivity index is 1.65. The second kappa shape index (κ2) is 6.93. The number of thiophene rings is 1. The van der Waals surface area contributed by atoms with Crippen molar-refractivity contribution in [2.75, 3.05) is 18.5 Å². The second-order valence-electron chi connectivity index (χ2n) is 6.26. The van der Waals surface area contributed by atoms with Crippen molar-refractivity contribution >= 4 is 34.2 Å². The fourth-order valence-electron chi connectivity index (χ4n) is 2.97. The number of hydrogen-bond donors (Lipinski definition) is 1. The summed E-state index contributed by atoms with van der Waals surface area (Å²) >= 11 is 1.41. The molecule has 130 valence electrons. The zero-order valence-electron chi connectivity index (χ0n) is 13.8. The standard InChI is InChI=1S/C17H21NO5S/c1-3-22-17(21)14-10-5-4-6-12(10)24-15(14)18-13(19)8-23-16(20)11-7-9(11)2/h9,11H,3-8H2,1-2H3,(H,18,19)/t9-,11+/m1/s1. The molecule has 0 aromatic carbocycles. The van der Waals surface area contributed by atoms with Crippen molar-refractivity contribution in [1.82, 2.24) is 0 Å². The number of nitrogens with one attached hydrogen (secondary N) is 1. The normalized spacial score (nSPS) is 21.1. The summed E-state index contributed by atoms with van der Waals surface area (Å²) in [7, 11) is 0. The summed E-state index contributed by atoms with van der Waals surface area (Å²) in [6.07, 6.45) is 3.57. The third-order valence-electron chi connectivity index (χ3n) is 4.41. The molecule has 1 heterocycles. The summed E-state index contributed by atoms with van der Waals surface area (Å²) in [5, 5.41) is 3.21. The molecular weight excluding hydrogens is 330 g/mol. The second-order valence-corrected chi connectivity index (χ2v) is 7.36. The zero-order valence-corrected chi connectivity index (χ0v) is 14.7. The summed E-state index contributed by atoms with van der Waals surface area (Å²) < 4.78 is 10.1. The Labute approximate surface area is 144 Å². The third-order valence-corrected chi connectivity index (χ3v) is 5.62. The summed E-state index contributed by atoms with van der Waals surface area (Å²) in [5.41, 5.74) is 1.45. The maximum absolute atomic E-state index is 12.2. The number of anilines is 1. The number of aryl methyl sites for hydroxylation is 1. The van der Waals surface area contributed by atoms with E-state index in [1.807, 2.05) is 6.92 Å². The molecule has 6 nitrogen and oxygen atoms in total. The first-order valence-electron chi connectivity index (χ1n) is 8.29. The van der Waals surface area contributed by atoms with E-state index in [4.69, 9.17) is 9.47 Å². The topological polar surface area (TPSA) is 81.7 Å². The lowest BCUT2D eigenvalue weighted by Gasteiger charge is -2.08. The van der Waals surface area contributed by atoms with Crippen molar-refractivity contribution in [3.63, 3.8) is 0 Å². The summed E-state index contributed by atoms with van der Waals surface area (Å²) in [5.74, 6) is -0.884. The van der Waals surface area contributed by atoms with Crippen molar-refractivity contribution in [1.29, 1.82) is 0 Å². The molecule has 0 aliphatic heterocycles. The number of carbonyl (C=O) groups excluding carboxylic acids is 3. The number of rotatable bonds is 6. The van der Waals surface area contributed by atoms with Crippen LogP contribution in [-0.2, 0) is 31.9 Å². The molecule has 1 aromatic heterocycles. The Hall–Kier alpha value is -1.89. The largest absolute Gasteiger partial charge is 0.462 e. The number of esters is 2. The molecular formula is C17H21NO5S. The monoisotopic (exact) mass is 351 g/mol. The van der Waals surface area contributed by atoms with Crippen LogP contribution in [0.3, 0.4) is 0 Å². The molecule has 1 amide bonds.